The van der Waals surface area contributed by atoms with Crippen molar-refractivity contribution in [2.45, 2.75) is 13.3 Å². The predicted molar refractivity (Wildman–Crippen MR) is 142 cm³/mol. The molecule has 0 radical (unpaired) electrons. The van der Waals surface area contributed by atoms with Crippen molar-refractivity contribution in [1.29, 1.82) is 5.26 Å². The first kappa shape index (κ1) is 23.4. The zero-order valence-corrected chi connectivity index (χ0v) is 20.9. The normalized spacial score (nSPS) is 11.0. The van der Waals surface area contributed by atoms with Crippen LogP contribution in [-0.2, 0) is 11.2 Å². The van der Waals surface area contributed by atoms with Gasteiger partial charge in [-0.3, -0.25) is 4.40 Å². The number of para-hydroxylation sites is 3. The fraction of sp³-hybridized carbons (Fsp3) is 0.138. The lowest BCUT2D eigenvalue weighted by atomic mass is 9.97. The summed E-state index contributed by atoms with van der Waals surface area (Å²) in [4.78, 5) is 19.4. The number of nitriles is 1. The van der Waals surface area contributed by atoms with Crippen molar-refractivity contribution in [3.05, 3.63) is 106 Å². The molecule has 5 rings (SSSR count). The molecule has 0 aliphatic rings. The van der Waals surface area contributed by atoms with Crippen molar-refractivity contribution in [2.24, 2.45) is 0 Å². The van der Waals surface area contributed by atoms with Crippen LogP contribution in [0.5, 0.6) is 0 Å². The lowest BCUT2D eigenvalue weighted by Crippen LogP contribution is -2.20. The number of aromatic nitrogens is 2. The van der Waals surface area contributed by atoms with E-state index < -0.39 is 5.97 Å². The molecule has 0 unspecified atom stereocenters. The number of ether oxygens (including phenoxy) is 1. The number of hydrogen-bond acceptors (Lipinski definition) is 5. The average molecular weight is 495 g/mol. The molecule has 6 nitrogen and oxygen atoms in total. The van der Waals surface area contributed by atoms with Crippen LogP contribution >= 0.6 is 11.6 Å². The highest BCUT2D eigenvalue weighted by Crippen LogP contribution is 2.38. The van der Waals surface area contributed by atoms with Crippen LogP contribution in [-0.4, -0.2) is 29.5 Å². The van der Waals surface area contributed by atoms with Gasteiger partial charge in [0.1, 0.15) is 11.9 Å². The Morgan fingerprint density at radius 3 is 2.50 bits per heavy atom. The molecule has 0 aliphatic heterocycles. The van der Waals surface area contributed by atoms with Gasteiger partial charge in [-0.05, 0) is 54.4 Å². The van der Waals surface area contributed by atoms with E-state index in [4.69, 9.17) is 21.3 Å². The molecule has 0 aliphatic carbocycles. The van der Waals surface area contributed by atoms with Gasteiger partial charge in [0.2, 0.25) is 0 Å². The molecule has 0 saturated heterocycles. The maximum absolute atomic E-state index is 12.6. The van der Waals surface area contributed by atoms with Gasteiger partial charge in [0.05, 0.1) is 35.0 Å². The summed E-state index contributed by atoms with van der Waals surface area (Å²) in [6.45, 7) is 1.95. The van der Waals surface area contributed by atoms with Crippen LogP contribution < -0.4 is 4.90 Å². The number of carbonyl (C=O) groups is 1. The van der Waals surface area contributed by atoms with Crippen LogP contribution in [0.15, 0.2) is 72.8 Å². The summed E-state index contributed by atoms with van der Waals surface area (Å²) in [6.07, 6.45) is 0.556. The number of methoxy groups -OCH3 is 1. The summed E-state index contributed by atoms with van der Waals surface area (Å²) < 4.78 is 7.08. The first-order valence-corrected chi connectivity index (χ1v) is 11.8. The highest BCUT2D eigenvalue weighted by atomic mass is 35.5. The lowest BCUT2D eigenvalue weighted by molar-refractivity contribution is 0.0601. The van der Waals surface area contributed by atoms with Gasteiger partial charge in [0.15, 0.2) is 5.65 Å². The molecule has 178 valence electrons. The van der Waals surface area contributed by atoms with Crippen molar-refractivity contribution in [3.63, 3.8) is 0 Å². The monoisotopic (exact) mass is 494 g/mol. The number of esters is 1. The van der Waals surface area contributed by atoms with Crippen LogP contribution in [0, 0.1) is 18.3 Å². The second-order valence-electron chi connectivity index (χ2n) is 8.54. The molecule has 2 aromatic heterocycles. The number of rotatable bonds is 5. The van der Waals surface area contributed by atoms with E-state index in [2.05, 4.69) is 6.07 Å². The minimum absolute atomic E-state index is 0.422. The molecule has 0 saturated carbocycles. The third kappa shape index (κ3) is 3.84. The van der Waals surface area contributed by atoms with E-state index in [-0.39, 0.29) is 0 Å². The largest absolute Gasteiger partial charge is 0.465 e. The summed E-state index contributed by atoms with van der Waals surface area (Å²) in [5, 5.41) is 10.8. The van der Waals surface area contributed by atoms with E-state index in [0.29, 0.717) is 33.9 Å². The quantitative estimate of drug-likeness (QED) is 0.262. The lowest BCUT2D eigenvalue weighted by Gasteiger charge is -2.27. The number of imidazole rings is 1. The first-order chi connectivity index (χ1) is 17.4. The fourth-order valence-electron chi connectivity index (χ4n) is 4.70. The summed E-state index contributed by atoms with van der Waals surface area (Å²) in [5.74, 6) is 0.398. The van der Waals surface area contributed by atoms with E-state index in [0.717, 1.165) is 33.5 Å². The fourth-order valence-corrected chi connectivity index (χ4v) is 4.82. The first-order valence-electron chi connectivity index (χ1n) is 11.4. The molecule has 0 fully saturated rings. The third-order valence-corrected chi connectivity index (χ3v) is 6.74. The topological polar surface area (TPSA) is 70.6 Å². The zero-order valence-electron chi connectivity index (χ0n) is 20.1. The number of halogens is 1. The molecule has 0 N–H and O–H groups in total. The molecular weight excluding hydrogens is 472 g/mol. The third-order valence-electron chi connectivity index (χ3n) is 6.49. The summed E-state index contributed by atoms with van der Waals surface area (Å²) in [5.41, 5.74) is 6.73. The molecule has 36 heavy (non-hydrogen) atoms. The van der Waals surface area contributed by atoms with Crippen LogP contribution in [0.1, 0.15) is 32.6 Å². The van der Waals surface area contributed by atoms with Gasteiger partial charge >= 0.3 is 5.97 Å². The van der Waals surface area contributed by atoms with Gasteiger partial charge in [-0.15, -0.1) is 0 Å². The van der Waals surface area contributed by atoms with Crippen molar-refractivity contribution >= 4 is 45.8 Å². The molecule has 0 spiro atoms. The molecule has 2 heterocycles. The SMILES string of the molecule is COC(=O)c1ccccc1N(C)c1c(Cc2ccc(Cl)cc2)c(C)c(C#N)c2nc3ccccc3n12. The minimum atomic E-state index is -0.422. The van der Waals surface area contributed by atoms with E-state index in [9.17, 15) is 10.1 Å². The van der Waals surface area contributed by atoms with Gasteiger partial charge in [0.25, 0.3) is 0 Å². The summed E-state index contributed by atoms with van der Waals surface area (Å²) >= 11 is 6.14. The Balaban J connectivity index is 1.88. The zero-order chi connectivity index (χ0) is 25.4. The highest BCUT2D eigenvalue weighted by Gasteiger charge is 2.25. The van der Waals surface area contributed by atoms with Crippen molar-refractivity contribution in [2.75, 3.05) is 19.1 Å². The van der Waals surface area contributed by atoms with Crippen LogP contribution in [0.25, 0.3) is 16.7 Å². The second-order valence-corrected chi connectivity index (χ2v) is 8.98. The van der Waals surface area contributed by atoms with Gasteiger partial charge in [0, 0.05) is 24.1 Å². The van der Waals surface area contributed by atoms with Gasteiger partial charge in [-0.2, -0.15) is 5.26 Å². The summed E-state index contributed by atoms with van der Waals surface area (Å²) in [6, 6.07) is 25.2. The maximum Gasteiger partial charge on any atom is 0.339 e. The van der Waals surface area contributed by atoms with Gasteiger partial charge in [-0.1, -0.05) is 48.0 Å². The van der Waals surface area contributed by atoms with E-state index in [1.54, 1.807) is 6.07 Å². The predicted octanol–water partition coefficient (Wildman–Crippen LogP) is 6.47. The Labute approximate surface area is 213 Å². The Morgan fingerprint density at radius 1 is 1.08 bits per heavy atom. The van der Waals surface area contributed by atoms with Crippen LogP contribution in [0.4, 0.5) is 11.5 Å². The van der Waals surface area contributed by atoms with Gasteiger partial charge in [-0.25, -0.2) is 9.78 Å². The minimum Gasteiger partial charge on any atom is -0.465 e. The second kappa shape index (κ2) is 9.37. The van der Waals surface area contributed by atoms with Crippen LogP contribution in [0.2, 0.25) is 5.02 Å². The maximum atomic E-state index is 12.6. The number of pyridine rings is 1. The Hall–Kier alpha value is -4.34. The summed E-state index contributed by atoms with van der Waals surface area (Å²) in [7, 11) is 3.29. The Morgan fingerprint density at radius 2 is 1.78 bits per heavy atom. The number of nitrogens with zero attached hydrogens (tertiary/aromatic N) is 4. The number of fused-ring (bicyclic) bond motifs is 3. The molecule has 5 aromatic rings. The molecule has 0 bridgehead atoms. The molecule has 3 aromatic carbocycles. The molecule has 0 atom stereocenters. The van der Waals surface area contributed by atoms with E-state index >= 15 is 0 Å². The van der Waals surface area contributed by atoms with Crippen molar-refractivity contribution < 1.29 is 9.53 Å². The smallest absolute Gasteiger partial charge is 0.339 e. The molecule has 0 amide bonds. The number of carbonyl (C=O) groups excluding carboxylic acids is 1. The van der Waals surface area contributed by atoms with Gasteiger partial charge < -0.3 is 9.64 Å². The van der Waals surface area contributed by atoms with Crippen molar-refractivity contribution in [1.82, 2.24) is 9.38 Å². The number of benzene rings is 3. The number of anilines is 2. The highest BCUT2D eigenvalue weighted by molar-refractivity contribution is 6.30. The molecular formula is C29H23ClN4O2. The van der Waals surface area contributed by atoms with E-state index in [1.807, 2.05) is 90.0 Å². The van der Waals surface area contributed by atoms with Crippen LogP contribution in [0.3, 0.4) is 0 Å². The Kier molecular flexibility index (Phi) is 6.09. The van der Waals surface area contributed by atoms with E-state index in [1.165, 1.54) is 7.11 Å². The number of hydrogen-bond donors (Lipinski definition) is 0. The standard InChI is InChI=1S/C29H23ClN4O2/c1-18-22(16-19-12-14-20(30)15-13-19)28(33(2)25-10-6-4-8-21(25)29(35)36-3)34-26-11-7-5-9-24(26)32-27(34)23(18)17-31/h4-15H,16H2,1-3H3. The Bertz CT molecular complexity index is 1670. The van der Waals surface area contributed by atoms with Crippen molar-refractivity contribution in [3.8, 4) is 6.07 Å². The average Bonchev–Trinajstić information content (AvgIpc) is 3.28. The molecule has 7 heteroatoms.